The predicted molar refractivity (Wildman–Crippen MR) is 168 cm³/mol. The Labute approximate surface area is 260 Å². The molecule has 4 N–H and O–H groups in total. The fraction of sp³-hybridized carbons (Fsp3) is 0.0323. The molecule has 0 heterocycles. The monoisotopic (exact) mass is 630 g/mol. The molecule has 13 heteroatoms. The summed E-state index contributed by atoms with van der Waals surface area (Å²) < 4.78 is 0. The van der Waals surface area contributed by atoms with E-state index >= 15 is 0 Å². The third-order valence-electron chi connectivity index (χ3n) is 5.89. The minimum Gasteiger partial charge on any atom is -0.478 e. The maximum Gasteiger partial charge on any atom is 0.337 e. The van der Waals surface area contributed by atoms with Gasteiger partial charge >= 0.3 is 5.97 Å². The average Bonchev–Trinajstić information content (AvgIpc) is 3.01. The number of rotatable bonds is 11. The Bertz CT molecular complexity index is 1760. The molecule has 0 unspecified atom stereocenters. The summed E-state index contributed by atoms with van der Waals surface area (Å²) in [5.74, 6) is -2.80. The number of halogens is 1. The number of nitrogens with zero attached hydrogens (tertiary/aromatic N) is 1. The van der Waals surface area contributed by atoms with Crippen molar-refractivity contribution >= 4 is 70.2 Å². The lowest BCUT2D eigenvalue weighted by molar-refractivity contribution is -0.384. The van der Waals surface area contributed by atoms with E-state index in [2.05, 4.69) is 16.0 Å². The highest BCUT2D eigenvalue weighted by atomic mass is 35.5. The third kappa shape index (κ3) is 8.77. The van der Waals surface area contributed by atoms with E-state index in [0.717, 1.165) is 0 Å². The first kappa shape index (κ1) is 31.5. The van der Waals surface area contributed by atoms with Crippen molar-refractivity contribution in [3.8, 4) is 0 Å². The first-order valence-electron chi connectivity index (χ1n) is 12.8. The summed E-state index contributed by atoms with van der Waals surface area (Å²) in [7, 11) is 0. The highest BCUT2D eigenvalue weighted by Crippen LogP contribution is 2.24. The standard InChI is InChI=1S/C31H23ClN4O7S/c32-26-14-11-22(17-25(26)31(40)41)33-28(37)18-44-24-8-4-7-21(16-24)34-30(39)27(35-29(38)20-5-2-1-3-6-20)15-19-9-12-23(13-10-19)36(42)43/h1-17H,18H2,(H,33,37)(H,34,39)(H,35,38)(H,40,41)/b27-15+. The quantitative estimate of drug-likeness (QED) is 0.0668. The predicted octanol–water partition coefficient (Wildman–Crippen LogP) is 6.09. The number of thioether (sulfide) groups is 1. The highest BCUT2D eigenvalue weighted by molar-refractivity contribution is 8.00. The minimum atomic E-state index is -1.22. The van der Waals surface area contributed by atoms with Gasteiger partial charge in [-0.15, -0.1) is 11.8 Å². The van der Waals surface area contributed by atoms with E-state index in [4.69, 9.17) is 11.6 Å². The van der Waals surface area contributed by atoms with Crippen LogP contribution in [0.15, 0.2) is 108 Å². The van der Waals surface area contributed by atoms with Crippen LogP contribution >= 0.6 is 23.4 Å². The normalized spacial score (nSPS) is 10.9. The number of anilines is 2. The Balaban J connectivity index is 1.46. The van der Waals surface area contributed by atoms with Crippen molar-refractivity contribution in [2.75, 3.05) is 16.4 Å². The lowest BCUT2D eigenvalue weighted by Gasteiger charge is -2.12. The number of nitrogens with one attached hydrogen (secondary N) is 3. The van der Waals surface area contributed by atoms with Crippen LogP contribution in [0, 0.1) is 10.1 Å². The van der Waals surface area contributed by atoms with E-state index in [0.29, 0.717) is 21.7 Å². The van der Waals surface area contributed by atoms with Crippen LogP contribution in [0.4, 0.5) is 17.1 Å². The number of carbonyl (C=O) groups is 4. The second kappa shape index (κ2) is 14.6. The lowest BCUT2D eigenvalue weighted by atomic mass is 10.1. The highest BCUT2D eigenvalue weighted by Gasteiger charge is 2.16. The molecule has 44 heavy (non-hydrogen) atoms. The van der Waals surface area contributed by atoms with E-state index in [1.54, 1.807) is 54.6 Å². The molecule has 3 amide bonds. The zero-order valence-electron chi connectivity index (χ0n) is 22.7. The largest absolute Gasteiger partial charge is 0.478 e. The number of aromatic carboxylic acids is 1. The Morgan fingerprint density at radius 2 is 1.57 bits per heavy atom. The molecule has 0 aliphatic rings. The molecule has 4 aromatic rings. The molecule has 222 valence electrons. The number of carboxylic acids is 1. The molecule has 0 aromatic heterocycles. The molecule has 0 fully saturated rings. The Morgan fingerprint density at radius 3 is 2.25 bits per heavy atom. The second-order valence-electron chi connectivity index (χ2n) is 9.05. The zero-order chi connectivity index (χ0) is 31.6. The SMILES string of the molecule is O=C(CSc1cccc(NC(=O)/C(=C\c2ccc([N+](=O)[O-])cc2)NC(=O)c2ccccc2)c1)Nc1ccc(Cl)c(C(=O)O)c1. The number of benzene rings is 4. The number of amides is 3. The summed E-state index contributed by atoms with van der Waals surface area (Å²) in [6, 6.07) is 24.6. The summed E-state index contributed by atoms with van der Waals surface area (Å²) in [6.45, 7) is 0. The van der Waals surface area contributed by atoms with Crippen LogP contribution in [0.1, 0.15) is 26.3 Å². The molecule has 0 bridgehead atoms. The van der Waals surface area contributed by atoms with Gasteiger partial charge in [-0.2, -0.15) is 0 Å². The maximum absolute atomic E-state index is 13.3. The summed E-state index contributed by atoms with van der Waals surface area (Å²) >= 11 is 7.05. The van der Waals surface area contributed by atoms with Gasteiger partial charge in [-0.1, -0.05) is 35.9 Å². The molecule has 0 spiro atoms. The summed E-state index contributed by atoms with van der Waals surface area (Å²) in [5, 5.41) is 28.2. The Kier molecular flexibility index (Phi) is 10.5. The van der Waals surface area contributed by atoms with E-state index < -0.39 is 22.7 Å². The minimum absolute atomic E-state index is 0.0130. The van der Waals surface area contributed by atoms with Crippen LogP contribution in [0.2, 0.25) is 5.02 Å². The smallest absolute Gasteiger partial charge is 0.337 e. The molecule has 11 nitrogen and oxygen atoms in total. The van der Waals surface area contributed by atoms with E-state index in [9.17, 15) is 34.4 Å². The van der Waals surface area contributed by atoms with Crippen molar-refractivity contribution in [1.29, 1.82) is 0 Å². The summed E-state index contributed by atoms with van der Waals surface area (Å²) in [5.41, 5.74) is 1.07. The number of carboxylic acid groups (broad SMARTS) is 1. The van der Waals surface area contributed by atoms with Gasteiger partial charge < -0.3 is 21.1 Å². The fourth-order valence-electron chi connectivity index (χ4n) is 3.78. The van der Waals surface area contributed by atoms with Crippen LogP contribution in [0.5, 0.6) is 0 Å². The van der Waals surface area contributed by atoms with Gasteiger partial charge in [-0.3, -0.25) is 24.5 Å². The van der Waals surface area contributed by atoms with Crippen molar-refractivity contribution < 1.29 is 29.2 Å². The second-order valence-corrected chi connectivity index (χ2v) is 10.5. The van der Waals surface area contributed by atoms with Crippen LogP contribution in [0.3, 0.4) is 0 Å². The molecule has 4 aromatic carbocycles. The molecule has 4 rings (SSSR count). The number of hydrogen-bond acceptors (Lipinski definition) is 7. The summed E-state index contributed by atoms with van der Waals surface area (Å²) in [6.07, 6.45) is 1.40. The van der Waals surface area contributed by atoms with E-state index in [1.165, 1.54) is 60.3 Å². The number of hydrogen-bond donors (Lipinski definition) is 4. The van der Waals surface area contributed by atoms with Gasteiger partial charge in [0.1, 0.15) is 5.70 Å². The number of non-ortho nitro benzene ring substituents is 1. The van der Waals surface area contributed by atoms with Gasteiger partial charge in [0.2, 0.25) is 5.91 Å². The van der Waals surface area contributed by atoms with Crippen molar-refractivity contribution in [2.45, 2.75) is 4.90 Å². The van der Waals surface area contributed by atoms with Gasteiger partial charge in [0, 0.05) is 34.0 Å². The van der Waals surface area contributed by atoms with Gasteiger partial charge in [-0.05, 0) is 72.3 Å². The molecule has 0 saturated heterocycles. The van der Waals surface area contributed by atoms with E-state index in [1.807, 2.05) is 0 Å². The van der Waals surface area contributed by atoms with Crippen LogP contribution in [0.25, 0.3) is 6.08 Å². The van der Waals surface area contributed by atoms with Gasteiger partial charge in [-0.25, -0.2) is 4.79 Å². The molecule has 0 radical (unpaired) electrons. The molecule has 0 aliphatic carbocycles. The first-order valence-corrected chi connectivity index (χ1v) is 14.1. The maximum atomic E-state index is 13.3. The lowest BCUT2D eigenvalue weighted by Crippen LogP contribution is -2.30. The zero-order valence-corrected chi connectivity index (χ0v) is 24.2. The van der Waals surface area contributed by atoms with Crippen molar-refractivity contribution in [2.24, 2.45) is 0 Å². The Hall–Kier alpha value is -5.46. The topological polar surface area (TPSA) is 168 Å². The van der Waals surface area contributed by atoms with E-state index in [-0.39, 0.29) is 39.3 Å². The molecule has 0 atom stereocenters. The van der Waals surface area contributed by atoms with Crippen LogP contribution in [-0.4, -0.2) is 39.5 Å². The van der Waals surface area contributed by atoms with Crippen LogP contribution < -0.4 is 16.0 Å². The molecule has 0 saturated carbocycles. The third-order valence-corrected chi connectivity index (χ3v) is 7.21. The molecule has 0 aliphatic heterocycles. The molecular weight excluding hydrogens is 608 g/mol. The van der Waals surface area contributed by atoms with Gasteiger partial charge in [0.05, 0.1) is 21.3 Å². The fourth-order valence-corrected chi connectivity index (χ4v) is 4.73. The van der Waals surface area contributed by atoms with Crippen molar-refractivity contribution in [1.82, 2.24) is 5.32 Å². The first-order chi connectivity index (χ1) is 21.1. The molecular formula is C31H23ClN4O7S. The summed E-state index contributed by atoms with van der Waals surface area (Å²) in [4.78, 5) is 61.1. The van der Waals surface area contributed by atoms with Crippen LogP contribution in [-0.2, 0) is 9.59 Å². The average molecular weight is 631 g/mol. The number of carbonyl (C=O) groups excluding carboxylic acids is 3. The number of nitro benzene ring substituents is 1. The number of nitro groups is 1. The van der Waals surface area contributed by atoms with Gasteiger partial charge in [0.25, 0.3) is 17.5 Å². The van der Waals surface area contributed by atoms with Crippen molar-refractivity contribution in [3.05, 3.63) is 135 Å². The van der Waals surface area contributed by atoms with Crippen molar-refractivity contribution in [3.63, 3.8) is 0 Å². The van der Waals surface area contributed by atoms with Gasteiger partial charge in [0.15, 0.2) is 0 Å². The Morgan fingerprint density at radius 1 is 0.864 bits per heavy atom.